The maximum atomic E-state index is 13.1. The third-order valence-corrected chi connectivity index (χ3v) is 3.68. The first-order valence-electron chi connectivity index (χ1n) is 6.11. The summed E-state index contributed by atoms with van der Waals surface area (Å²) in [4.78, 5) is 15.7. The Balaban J connectivity index is 2.69. The van der Waals surface area contributed by atoms with E-state index in [9.17, 15) is 13.4 Å². The number of hydrogen-bond acceptors (Lipinski definition) is 4. The lowest BCUT2D eigenvalue weighted by molar-refractivity contribution is 0.0956. The highest BCUT2D eigenvalue weighted by Crippen LogP contribution is 2.13. The maximum Gasteiger partial charge on any atom is 0.255 e. The molecular weight excluding hydrogens is 269 g/mol. The number of aromatic nitrogens is 1. The van der Waals surface area contributed by atoms with E-state index in [0.717, 1.165) is 12.3 Å². The second kappa shape index (κ2) is 7.83. The second-order valence-electron chi connectivity index (χ2n) is 3.77. The van der Waals surface area contributed by atoms with Gasteiger partial charge in [-0.2, -0.15) is 0 Å². The minimum absolute atomic E-state index is 0.157. The van der Waals surface area contributed by atoms with Crippen molar-refractivity contribution < 1.29 is 13.4 Å². The Hall–Kier alpha value is -1.50. The summed E-state index contributed by atoms with van der Waals surface area (Å²) >= 11 is 0. The highest BCUT2D eigenvalue weighted by Gasteiger charge is 2.13. The molecule has 0 aliphatic rings. The molecule has 1 atom stereocenters. The number of hydrogen-bond donors (Lipinski definition) is 2. The van der Waals surface area contributed by atoms with Crippen LogP contribution in [0.3, 0.4) is 0 Å². The monoisotopic (exact) mass is 287 g/mol. The van der Waals surface area contributed by atoms with Crippen molar-refractivity contribution in [2.45, 2.75) is 13.8 Å². The van der Waals surface area contributed by atoms with Crippen LogP contribution < -0.4 is 10.6 Å². The number of carbonyl (C=O) groups excluding carboxylic acids is 1. The molecule has 0 fully saturated rings. The molecule has 1 aromatic heterocycles. The first kappa shape index (κ1) is 15.6. The first-order valence-corrected chi connectivity index (χ1v) is 7.59. The Morgan fingerprint density at radius 3 is 2.84 bits per heavy atom. The third kappa shape index (κ3) is 4.94. The van der Waals surface area contributed by atoms with Gasteiger partial charge in [-0.25, -0.2) is 9.37 Å². The highest BCUT2D eigenvalue weighted by molar-refractivity contribution is 7.84. The summed E-state index contributed by atoms with van der Waals surface area (Å²) in [5.41, 5.74) is 0.157. The van der Waals surface area contributed by atoms with Gasteiger partial charge in [0.05, 0.1) is 11.8 Å². The Morgan fingerprint density at radius 2 is 2.21 bits per heavy atom. The van der Waals surface area contributed by atoms with E-state index in [1.165, 1.54) is 0 Å². The number of anilines is 1. The fraction of sp³-hybridized carbons (Fsp3) is 0.500. The normalized spacial score (nSPS) is 11.9. The molecule has 106 valence electrons. The molecule has 19 heavy (non-hydrogen) atoms. The molecule has 0 aromatic carbocycles. The van der Waals surface area contributed by atoms with Gasteiger partial charge in [0.15, 0.2) is 0 Å². The quantitative estimate of drug-likeness (QED) is 0.789. The molecule has 7 heteroatoms. The summed E-state index contributed by atoms with van der Waals surface area (Å²) in [7, 11) is -0.933. The number of amides is 1. The molecule has 1 aromatic rings. The van der Waals surface area contributed by atoms with Crippen LogP contribution >= 0.6 is 0 Å². The van der Waals surface area contributed by atoms with Gasteiger partial charge in [-0.3, -0.25) is 9.00 Å². The lowest BCUT2D eigenvalue weighted by Gasteiger charge is -2.10. The van der Waals surface area contributed by atoms with Crippen LogP contribution in [-0.2, 0) is 10.8 Å². The number of nitrogens with one attached hydrogen (secondary N) is 2. The van der Waals surface area contributed by atoms with Crippen molar-refractivity contribution in [3.8, 4) is 0 Å². The van der Waals surface area contributed by atoms with E-state index < -0.39 is 22.5 Å². The summed E-state index contributed by atoms with van der Waals surface area (Å²) < 4.78 is 24.4. The molecule has 2 N–H and O–H groups in total. The van der Waals surface area contributed by atoms with Gasteiger partial charge < -0.3 is 10.6 Å². The van der Waals surface area contributed by atoms with Gasteiger partial charge in [0.25, 0.3) is 5.91 Å². The first-order chi connectivity index (χ1) is 9.08. The van der Waals surface area contributed by atoms with Crippen LogP contribution in [0.5, 0.6) is 0 Å². The maximum absolute atomic E-state index is 13.1. The van der Waals surface area contributed by atoms with E-state index in [0.29, 0.717) is 30.4 Å². The molecule has 1 heterocycles. The van der Waals surface area contributed by atoms with E-state index in [1.807, 2.05) is 13.8 Å². The highest BCUT2D eigenvalue weighted by atomic mass is 32.2. The van der Waals surface area contributed by atoms with E-state index in [2.05, 4.69) is 15.6 Å². The molecule has 0 aliphatic carbocycles. The Bertz CT molecular complexity index is 468. The van der Waals surface area contributed by atoms with E-state index in [4.69, 9.17) is 0 Å². The standard InChI is InChI=1S/C12H18FN3O2S/c1-3-14-11-10(7-9(13)8-16-11)12(17)15-5-6-19(18)4-2/h7-8H,3-6H2,1-2H3,(H,14,16)(H,15,17). The lowest BCUT2D eigenvalue weighted by atomic mass is 10.2. The third-order valence-electron chi connectivity index (χ3n) is 2.38. The van der Waals surface area contributed by atoms with E-state index in [1.54, 1.807) is 0 Å². The number of halogens is 1. The average molecular weight is 287 g/mol. The molecule has 1 unspecified atom stereocenters. The zero-order chi connectivity index (χ0) is 14.3. The molecule has 0 spiro atoms. The topological polar surface area (TPSA) is 71.1 Å². The van der Waals surface area contributed by atoms with Crippen molar-refractivity contribution in [1.82, 2.24) is 10.3 Å². The zero-order valence-electron chi connectivity index (χ0n) is 11.0. The minimum atomic E-state index is -0.933. The fourth-order valence-corrected chi connectivity index (χ4v) is 2.06. The van der Waals surface area contributed by atoms with Gasteiger partial charge in [0, 0.05) is 35.4 Å². The Morgan fingerprint density at radius 1 is 1.47 bits per heavy atom. The molecule has 0 bridgehead atoms. The van der Waals surface area contributed by atoms with Gasteiger partial charge in [0.2, 0.25) is 0 Å². The molecule has 5 nitrogen and oxygen atoms in total. The molecular formula is C12H18FN3O2S. The van der Waals surface area contributed by atoms with Crippen molar-refractivity contribution in [3.05, 3.63) is 23.6 Å². The van der Waals surface area contributed by atoms with Gasteiger partial charge in [-0.15, -0.1) is 0 Å². The molecule has 0 radical (unpaired) electrons. The van der Waals surface area contributed by atoms with Crippen LogP contribution in [0.2, 0.25) is 0 Å². The zero-order valence-corrected chi connectivity index (χ0v) is 11.8. The fourth-order valence-electron chi connectivity index (χ4n) is 1.44. The summed E-state index contributed by atoms with van der Waals surface area (Å²) in [6.45, 7) is 4.55. The van der Waals surface area contributed by atoms with Gasteiger partial charge in [-0.05, 0) is 13.0 Å². The average Bonchev–Trinajstić information content (AvgIpc) is 2.40. The van der Waals surface area contributed by atoms with Crippen LogP contribution in [0, 0.1) is 5.82 Å². The van der Waals surface area contributed by atoms with Crippen molar-refractivity contribution >= 4 is 22.5 Å². The number of nitrogens with zero attached hydrogens (tertiary/aromatic N) is 1. The van der Waals surface area contributed by atoms with Crippen molar-refractivity contribution in [2.24, 2.45) is 0 Å². The summed E-state index contributed by atoms with van der Waals surface area (Å²) in [6, 6.07) is 1.14. The SMILES string of the molecule is CCNc1ncc(F)cc1C(=O)NCCS(=O)CC. The van der Waals surface area contributed by atoms with E-state index in [-0.39, 0.29) is 5.56 Å². The Labute approximate surface area is 114 Å². The van der Waals surface area contributed by atoms with Crippen molar-refractivity contribution in [1.29, 1.82) is 0 Å². The molecule has 1 amide bonds. The van der Waals surface area contributed by atoms with Crippen molar-refractivity contribution in [3.63, 3.8) is 0 Å². The van der Waals surface area contributed by atoms with Crippen LogP contribution in [0.1, 0.15) is 24.2 Å². The number of carbonyl (C=O) groups is 1. The Kier molecular flexibility index (Phi) is 6.41. The predicted molar refractivity (Wildman–Crippen MR) is 74.2 cm³/mol. The van der Waals surface area contributed by atoms with Crippen LogP contribution in [-0.4, -0.2) is 39.7 Å². The molecule has 0 aliphatic heterocycles. The predicted octanol–water partition coefficient (Wildman–Crippen LogP) is 1.15. The molecule has 0 saturated heterocycles. The van der Waals surface area contributed by atoms with Crippen molar-refractivity contribution in [2.75, 3.05) is 29.9 Å². The van der Waals surface area contributed by atoms with Gasteiger partial charge in [0.1, 0.15) is 11.6 Å². The largest absolute Gasteiger partial charge is 0.370 e. The van der Waals surface area contributed by atoms with Gasteiger partial charge >= 0.3 is 0 Å². The molecule has 0 saturated carbocycles. The minimum Gasteiger partial charge on any atom is -0.370 e. The van der Waals surface area contributed by atoms with E-state index >= 15 is 0 Å². The lowest BCUT2D eigenvalue weighted by Crippen LogP contribution is -2.29. The summed E-state index contributed by atoms with van der Waals surface area (Å²) in [6.07, 6.45) is 1.06. The summed E-state index contributed by atoms with van der Waals surface area (Å²) in [5.74, 6) is 0.305. The van der Waals surface area contributed by atoms with Crippen LogP contribution in [0.15, 0.2) is 12.3 Å². The second-order valence-corrected chi connectivity index (χ2v) is 5.63. The smallest absolute Gasteiger partial charge is 0.255 e. The number of rotatable bonds is 7. The van der Waals surface area contributed by atoms with Gasteiger partial charge in [-0.1, -0.05) is 6.92 Å². The summed E-state index contributed by atoms with van der Waals surface area (Å²) in [5, 5.41) is 5.51. The van der Waals surface area contributed by atoms with Crippen LogP contribution in [0.4, 0.5) is 10.2 Å². The van der Waals surface area contributed by atoms with Crippen LogP contribution in [0.25, 0.3) is 0 Å². The molecule has 1 rings (SSSR count). The number of pyridine rings is 1.